The van der Waals surface area contributed by atoms with Crippen LogP contribution >= 0.6 is 0 Å². The summed E-state index contributed by atoms with van der Waals surface area (Å²) in [6, 6.07) is 46.5. The Morgan fingerprint density at radius 3 is 2.09 bits per heavy atom. The second kappa shape index (κ2) is 12.2. The predicted molar refractivity (Wildman–Crippen MR) is 176 cm³/mol. The van der Waals surface area contributed by atoms with Crippen molar-refractivity contribution < 1.29 is 4.42 Å². The summed E-state index contributed by atoms with van der Waals surface area (Å²) < 4.78 is 5.51. The molecule has 5 heteroatoms. The molecule has 0 aliphatic carbocycles. The molecule has 1 aliphatic heterocycles. The van der Waals surface area contributed by atoms with Gasteiger partial charge in [-0.15, -0.1) is 0 Å². The van der Waals surface area contributed by atoms with Crippen molar-refractivity contribution in [2.45, 2.75) is 25.6 Å². The first-order valence-electron chi connectivity index (χ1n) is 14.7. The first kappa shape index (κ1) is 26.5. The zero-order chi connectivity index (χ0) is 28.8. The largest absolute Gasteiger partial charge is 0.465 e. The van der Waals surface area contributed by atoms with Crippen LogP contribution in [0.25, 0.3) is 17.0 Å². The smallest absolute Gasteiger partial charge is 0.150 e. The summed E-state index contributed by atoms with van der Waals surface area (Å²) in [7, 11) is 0. The zero-order valence-electron chi connectivity index (χ0n) is 23.8. The fourth-order valence-corrected chi connectivity index (χ4v) is 5.61. The number of fused-ring (bicyclic) bond motifs is 1. The van der Waals surface area contributed by atoms with Gasteiger partial charge in [0.15, 0.2) is 0 Å². The lowest BCUT2D eigenvalue weighted by Gasteiger charge is -2.27. The molecule has 1 aliphatic rings. The Hall–Kier alpha value is -5.42. The lowest BCUT2D eigenvalue weighted by Crippen LogP contribution is -2.23. The molecule has 7 rings (SSSR count). The third kappa shape index (κ3) is 6.11. The molecule has 6 aromatic rings. The number of furan rings is 1. The summed E-state index contributed by atoms with van der Waals surface area (Å²) in [6.07, 6.45) is 6.47. The van der Waals surface area contributed by atoms with Crippen LogP contribution in [0.1, 0.15) is 34.9 Å². The van der Waals surface area contributed by atoms with E-state index in [-0.39, 0.29) is 6.04 Å². The Balaban J connectivity index is 1.19. The van der Waals surface area contributed by atoms with Crippen LogP contribution in [0.4, 0.5) is 11.5 Å². The molecular formula is C38H32N4O. The lowest BCUT2D eigenvalue weighted by molar-refractivity contribution is 0.557. The summed E-state index contributed by atoms with van der Waals surface area (Å²) in [5, 5.41) is 8.22. The molecule has 0 bridgehead atoms. The van der Waals surface area contributed by atoms with Gasteiger partial charge in [0.25, 0.3) is 0 Å². The Bertz CT molecular complexity index is 1800. The van der Waals surface area contributed by atoms with E-state index >= 15 is 0 Å². The van der Waals surface area contributed by atoms with Crippen molar-refractivity contribution >= 4 is 34.2 Å². The van der Waals surface area contributed by atoms with Gasteiger partial charge >= 0.3 is 0 Å². The molecule has 4 aromatic carbocycles. The van der Waals surface area contributed by atoms with Gasteiger partial charge in [-0.2, -0.15) is 5.10 Å². The molecule has 0 saturated carbocycles. The number of nitrogens with zero attached hydrogens (tertiary/aromatic N) is 4. The van der Waals surface area contributed by atoms with E-state index in [9.17, 15) is 0 Å². The summed E-state index contributed by atoms with van der Waals surface area (Å²) in [4.78, 5) is 7.42. The summed E-state index contributed by atoms with van der Waals surface area (Å²) in [5.41, 5.74) is 6.89. The van der Waals surface area contributed by atoms with Crippen LogP contribution in [0, 0.1) is 0 Å². The number of hydrogen-bond acceptors (Lipinski definition) is 5. The standard InChI is InChI=1S/C38H32N4O/c1-3-10-29(11-4-1)27-41(28-30-12-5-2-6-13-30)34-21-17-32(18-22-34)37-26-33(20-23-35-15-9-25-43-35)40-42(37)38-24-19-31-14-7-8-16-36(31)39-38/h1-25,37H,26-28H2. The van der Waals surface area contributed by atoms with E-state index < -0.39 is 0 Å². The fraction of sp³-hybridized carbons (Fsp3) is 0.105. The number of allylic oxidation sites excluding steroid dienone is 1. The maximum atomic E-state index is 5.51. The third-order valence-electron chi connectivity index (χ3n) is 7.81. The van der Waals surface area contributed by atoms with Crippen LogP contribution in [0.3, 0.4) is 0 Å². The predicted octanol–water partition coefficient (Wildman–Crippen LogP) is 9.06. The van der Waals surface area contributed by atoms with Crippen molar-refractivity contribution in [1.29, 1.82) is 0 Å². The Labute approximate surface area is 252 Å². The highest BCUT2D eigenvalue weighted by Crippen LogP contribution is 2.36. The summed E-state index contributed by atoms with van der Waals surface area (Å²) >= 11 is 0. The topological polar surface area (TPSA) is 44.9 Å². The van der Waals surface area contributed by atoms with Crippen LogP contribution in [-0.2, 0) is 13.1 Å². The molecule has 1 unspecified atom stereocenters. The van der Waals surface area contributed by atoms with Crippen LogP contribution in [0.2, 0.25) is 0 Å². The quantitative estimate of drug-likeness (QED) is 0.177. The van der Waals surface area contributed by atoms with Gasteiger partial charge in [0.05, 0.1) is 23.5 Å². The molecule has 0 fully saturated rings. The Kier molecular flexibility index (Phi) is 7.52. The molecule has 0 N–H and O–H groups in total. The molecule has 0 spiro atoms. The second-order valence-electron chi connectivity index (χ2n) is 10.8. The number of rotatable bonds is 9. The van der Waals surface area contributed by atoms with Crippen molar-refractivity contribution in [3.8, 4) is 0 Å². The summed E-state index contributed by atoms with van der Waals surface area (Å²) in [5.74, 6) is 1.65. The normalized spacial score (nSPS) is 14.8. The van der Waals surface area contributed by atoms with Gasteiger partial charge in [-0.25, -0.2) is 9.99 Å². The minimum atomic E-state index is 0.0238. The molecule has 0 radical (unpaired) electrons. The number of benzene rings is 4. The third-order valence-corrected chi connectivity index (χ3v) is 7.81. The fourth-order valence-electron chi connectivity index (χ4n) is 5.61. The van der Waals surface area contributed by atoms with Crippen LogP contribution < -0.4 is 9.91 Å². The maximum Gasteiger partial charge on any atom is 0.150 e. The van der Waals surface area contributed by atoms with Gasteiger partial charge in [0.1, 0.15) is 11.6 Å². The van der Waals surface area contributed by atoms with E-state index in [1.54, 1.807) is 6.26 Å². The Morgan fingerprint density at radius 1 is 0.698 bits per heavy atom. The highest BCUT2D eigenvalue weighted by molar-refractivity contribution is 6.01. The van der Waals surface area contributed by atoms with Gasteiger partial charge in [-0.1, -0.05) is 91.0 Å². The van der Waals surface area contributed by atoms with Gasteiger partial charge < -0.3 is 9.32 Å². The van der Waals surface area contributed by atoms with Crippen molar-refractivity contribution in [2.24, 2.45) is 5.10 Å². The van der Waals surface area contributed by atoms with Gasteiger partial charge in [-0.05, 0) is 71.3 Å². The Morgan fingerprint density at radius 2 is 1.40 bits per heavy atom. The highest BCUT2D eigenvalue weighted by atomic mass is 16.3. The molecule has 1 atom stereocenters. The summed E-state index contributed by atoms with van der Waals surface area (Å²) in [6.45, 7) is 1.66. The van der Waals surface area contributed by atoms with Crippen molar-refractivity contribution in [2.75, 3.05) is 9.91 Å². The van der Waals surface area contributed by atoms with Crippen LogP contribution in [-0.4, -0.2) is 10.7 Å². The first-order valence-corrected chi connectivity index (χ1v) is 14.7. The highest BCUT2D eigenvalue weighted by Gasteiger charge is 2.29. The number of anilines is 2. The maximum absolute atomic E-state index is 5.51. The van der Waals surface area contributed by atoms with E-state index in [0.717, 1.165) is 47.7 Å². The van der Waals surface area contributed by atoms with Gasteiger partial charge in [0, 0.05) is 30.6 Å². The molecule has 3 heterocycles. The zero-order valence-corrected chi connectivity index (χ0v) is 23.8. The number of hydrogen-bond donors (Lipinski definition) is 0. The number of hydrazone groups is 1. The average molecular weight is 561 g/mol. The van der Waals surface area contributed by atoms with Crippen molar-refractivity contribution in [1.82, 2.24) is 4.98 Å². The number of para-hydroxylation sites is 1. The monoisotopic (exact) mass is 560 g/mol. The second-order valence-corrected chi connectivity index (χ2v) is 10.8. The molecule has 2 aromatic heterocycles. The number of pyridine rings is 1. The van der Waals surface area contributed by atoms with E-state index in [2.05, 4.69) is 113 Å². The molecule has 5 nitrogen and oxygen atoms in total. The first-order chi connectivity index (χ1) is 21.3. The molecule has 210 valence electrons. The number of aromatic nitrogens is 1. The SMILES string of the molecule is C(=Cc1ccco1)C1=NN(c2ccc3ccccc3n2)C(c2ccc(N(Cc3ccccc3)Cc3ccccc3)cc2)C1. The minimum absolute atomic E-state index is 0.0238. The molecule has 43 heavy (non-hydrogen) atoms. The van der Waals surface area contributed by atoms with E-state index in [0.29, 0.717) is 0 Å². The minimum Gasteiger partial charge on any atom is -0.465 e. The molecule has 0 saturated heterocycles. The van der Waals surface area contributed by atoms with E-state index in [4.69, 9.17) is 14.5 Å². The van der Waals surface area contributed by atoms with Gasteiger partial charge in [-0.3, -0.25) is 0 Å². The average Bonchev–Trinajstić information content (AvgIpc) is 3.75. The molecule has 0 amide bonds. The van der Waals surface area contributed by atoms with Crippen molar-refractivity contribution in [3.63, 3.8) is 0 Å². The van der Waals surface area contributed by atoms with Gasteiger partial charge in [0.2, 0.25) is 0 Å². The lowest BCUT2D eigenvalue weighted by atomic mass is 10.0. The van der Waals surface area contributed by atoms with E-state index in [1.807, 2.05) is 42.5 Å². The van der Waals surface area contributed by atoms with E-state index in [1.165, 1.54) is 22.4 Å². The molecular weight excluding hydrogens is 528 g/mol. The van der Waals surface area contributed by atoms with Crippen LogP contribution in [0.15, 0.2) is 155 Å². The van der Waals surface area contributed by atoms with Crippen molar-refractivity contribution in [3.05, 3.63) is 168 Å². The van der Waals surface area contributed by atoms with Crippen LogP contribution in [0.5, 0.6) is 0 Å².